The van der Waals surface area contributed by atoms with Gasteiger partial charge >= 0.3 is 5.97 Å². The van der Waals surface area contributed by atoms with Crippen molar-refractivity contribution >= 4 is 23.3 Å². The second-order valence-corrected chi connectivity index (χ2v) is 5.87. The summed E-state index contributed by atoms with van der Waals surface area (Å²) in [6, 6.07) is 13.0. The van der Waals surface area contributed by atoms with Crippen molar-refractivity contribution in [2.24, 2.45) is 0 Å². The lowest BCUT2D eigenvalue weighted by Crippen LogP contribution is -2.30. The Labute approximate surface area is 146 Å². The van der Waals surface area contributed by atoms with Gasteiger partial charge in [0, 0.05) is 25.5 Å². The topological polar surface area (TPSA) is 58.6 Å². The summed E-state index contributed by atoms with van der Waals surface area (Å²) in [7, 11) is 3.85. The Morgan fingerprint density at radius 2 is 1.84 bits per heavy atom. The van der Waals surface area contributed by atoms with Crippen molar-refractivity contribution in [2.45, 2.75) is 19.4 Å². The molecule has 0 saturated heterocycles. The van der Waals surface area contributed by atoms with E-state index in [9.17, 15) is 14.0 Å². The number of carbonyl (C=O) groups excluding carboxylic acids is 2. The van der Waals surface area contributed by atoms with Crippen LogP contribution in [0.4, 0.5) is 15.8 Å². The highest BCUT2D eigenvalue weighted by molar-refractivity contribution is 5.95. The standard InChI is InChI=1S/C19H21FN2O3/c1-13(25-18(23)12-14-5-4-6-15(20)11-14)19(24)21-16-7-9-17(10-8-16)22(2)3/h4-11,13H,12H2,1-3H3,(H,21,24). The lowest BCUT2D eigenvalue weighted by atomic mass is 10.1. The normalized spacial score (nSPS) is 11.5. The number of rotatable bonds is 6. The first-order valence-electron chi connectivity index (χ1n) is 7.87. The number of hydrogen-bond donors (Lipinski definition) is 1. The molecule has 132 valence electrons. The van der Waals surface area contributed by atoms with Crippen molar-refractivity contribution in [1.29, 1.82) is 0 Å². The molecule has 0 heterocycles. The Balaban J connectivity index is 1.87. The van der Waals surface area contributed by atoms with Gasteiger partial charge in [-0.15, -0.1) is 0 Å². The van der Waals surface area contributed by atoms with Gasteiger partial charge in [0.2, 0.25) is 0 Å². The number of anilines is 2. The Morgan fingerprint density at radius 3 is 2.44 bits per heavy atom. The third kappa shape index (κ3) is 5.60. The van der Waals surface area contributed by atoms with Crippen LogP contribution in [0.3, 0.4) is 0 Å². The quantitative estimate of drug-likeness (QED) is 0.819. The van der Waals surface area contributed by atoms with Gasteiger partial charge in [0.05, 0.1) is 6.42 Å². The van der Waals surface area contributed by atoms with Crippen LogP contribution in [0.1, 0.15) is 12.5 Å². The zero-order valence-corrected chi connectivity index (χ0v) is 14.5. The number of halogens is 1. The van der Waals surface area contributed by atoms with Crippen LogP contribution in [0.25, 0.3) is 0 Å². The molecule has 2 aromatic rings. The van der Waals surface area contributed by atoms with E-state index in [1.807, 2.05) is 31.1 Å². The minimum Gasteiger partial charge on any atom is -0.452 e. The van der Waals surface area contributed by atoms with Gasteiger partial charge < -0.3 is 15.0 Å². The van der Waals surface area contributed by atoms with Gasteiger partial charge in [-0.25, -0.2) is 4.39 Å². The molecule has 6 heteroatoms. The van der Waals surface area contributed by atoms with Gasteiger partial charge in [0.25, 0.3) is 5.91 Å². The van der Waals surface area contributed by atoms with Crippen LogP contribution in [0.5, 0.6) is 0 Å². The fourth-order valence-electron chi connectivity index (χ4n) is 2.19. The first-order valence-corrected chi connectivity index (χ1v) is 7.87. The van der Waals surface area contributed by atoms with Crippen LogP contribution in [0.2, 0.25) is 0 Å². The maximum Gasteiger partial charge on any atom is 0.311 e. The van der Waals surface area contributed by atoms with Crippen LogP contribution < -0.4 is 10.2 Å². The largest absolute Gasteiger partial charge is 0.452 e. The number of nitrogens with one attached hydrogen (secondary N) is 1. The van der Waals surface area contributed by atoms with E-state index < -0.39 is 23.8 Å². The van der Waals surface area contributed by atoms with E-state index >= 15 is 0 Å². The molecule has 5 nitrogen and oxygen atoms in total. The fourth-order valence-corrected chi connectivity index (χ4v) is 2.19. The van der Waals surface area contributed by atoms with Crippen molar-refractivity contribution in [1.82, 2.24) is 0 Å². The van der Waals surface area contributed by atoms with Crippen molar-refractivity contribution in [3.63, 3.8) is 0 Å². The van der Waals surface area contributed by atoms with Gasteiger partial charge in [0.1, 0.15) is 5.82 Å². The van der Waals surface area contributed by atoms with E-state index in [0.29, 0.717) is 11.3 Å². The van der Waals surface area contributed by atoms with Gasteiger partial charge in [-0.2, -0.15) is 0 Å². The highest BCUT2D eigenvalue weighted by atomic mass is 19.1. The Bertz CT molecular complexity index is 745. The highest BCUT2D eigenvalue weighted by Crippen LogP contribution is 2.16. The van der Waals surface area contributed by atoms with E-state index in [-0.39, 0.29) is 6.42 Å². The van der Waals surface area contributed by atoms with Gasteiger partial charge in [-0.1, -0.05) is 12.1 Å². The molecule has 0 aliphatic carbocycles. The van der Waals surface area contributed by atoms with Crippen LogP contribution in [-0.2, 0) is 20.7 Å². The molecule has 2 rings (SSSR count). The lowest BCUT2D eigenvalue weighted by Gasteiger charge is -2.15. The fraction of sp³-hybridized carbons (Fsp3) is 0.263. The van der Waals surface area contributed by atoms with Crippen LogP contribution in [0.15, 0.2) is 48.5 Å². The summed E-state index contributed by atoms with van der Waals surface area (Å²) in [5.74, 6) is -1.43. The van der Waals surface area contributed by atoms with Gasteiger partial charge in [-0.05, 0) is 48.9 Å². The number of ether oxygens (including phenoxy) is 1. The number of nitrogens with zero attached hydrogens (tertiary/aromatic N) is 1. The van der Waals surface area contributed by atoms with Gasteiger partial charge in [0.15, 0.2) is 6.10 Å². The summed E-state index contributed by atoms with van der Waals surface area (Å²) in [6.45, 7) is 1.49. The van der Waals surface area contributed by atoms with E-state index in [1.165, 1.54) is 25.1 Å². The Morgan fingerprint density at radius 1 is 1.16 bits per heavy atom. The second kappa shape index (κ2) is 8.28. The molecule has 0 aliphatic heterocycles. The van der Waals surface area contributed by atoms with Crippen molar-refractivity contribution < 1.29 is 18.7 Å². The van der Waals surface area contributed by atoms with E-state index in [2.05, 4.69) is 5.32 Å². The SMILES string of the molecule is CC(OC(=O)Cc1cccc(F)c1)C(=O)Nc1ccc(N(C)C)cc1. The Hall–Kier alpha value is -2.89. The molecule has 0 aliphatic rings. The lowest BCUT2D eigenvalue weighted by molar-refractivity contribution is -0.152. The maximum atomic E-state index is 13.1. The third-order valence-corrected chi connectivity index (χ3v) is 3.57. The summed E-state index contributed by atoms with van der Waals surface area (Å²) >= 11 is 0. The molecule has 0 aromatic heterocycles. The predicted molar refractivity (Wildman–Crippen MR) is 95.1 cm³/mol. The Kier molecular flexibility index (Phi) is 6.11. The summed E-state index contributed by atoms with van der Waals surface area (Å²) < 4.78 is 18.2. The monoisotopic (exact) mass is 344 g/mol. The molecule has 0 fully saturated rings. The average Bonchev–Trinajstić information content (AvgIpc) is 2.55. The van der Waals surface area contributed by atoms with Crippen LogP contribution >= 0.6 is 0 Å². The molecule has 1 N–H and O–H groups in total. The molecular weight excluding hydrogens is 323 g/mol. The number of hydrogen-bond acceptors (Lipinski definition) is 4. The molecule has 1 unspecified atom stereocenters. The summed E-state index contributed by atoms with van der Waals surface area (Å²) in [6.07, 6.45) is -1.04. The number of amides is 1. The minimum absolute atomic E-state index is 0.0904. The zero-order valence-electron chi connectivity index (χ0n) is 14.5. The number of benzene rings is 2. The molecule has 0 bridgehead atoms. The summed E-state index contributed by atoms with van der Waals surface area (Å²) in [5, 5.41) is 2.69. The van der Waals surface area contributed by atoms with Crippen molar-refractivity contribution in [3.05, 3.63) is 59.9 Å². The van der Waals surface area contributed by atoms with Crippen molar-refractivity contribution in [3.8, 4) is 0 Å². The summed E-state index contributed by atoms with van der Waals surface area (Å²) in [4.78, 5) is 25.9. The van der Waals surface area contributed by atoms with Crippen LogP contribution in [0, 0.1) is 5.82 Å². The van der Waals surface area contributed by atoms with E-state index in [0.717, 1.165) is 5.69 Å². The smallest absolute Gasteiger partial charge is 0.311 e. The molecule has 0 radical (unpaired) electrons. The number of carbonyl (C=O) groups is 2. The molecule has 1 atom stereocenters. The van der Waals surface area contributed by atoms with E-state index in [1.54, 1.807) is 18.2 Å². The first kappa shape index (κ1) is 18.4. The third-order valence-electron chi connectivity index (χ3n) is 3.57. The summed E-state index contributed by atoms with van der Waals surface area (Å²) in [5.41, 5.74) is 2.12. The van der Waals surface area contributed by atoms with E-state index in [4.69, 9.17) is 4.74 Å². The molecule has 25 heavy (non-hydrogen) atoms. The molecule has 0 spiro atoms. The average molecular weight is 344 g/mol. The van der Waals surface area contributed by atoms with Gasteiger partial charge in [-0.3, -0.25) is 9.59 Å². The molecule has 0 saturated carbocycles. The first-order chi connectivity index (χ1) is 11.8. The molecular formula is C19H21FN2O3. The highest BCUT2D eigenvalue weighted by Gasteiger charge is 2.18. The molecule has 2 aromatic carbocycles. The minimum atomic E-state index is -0.949. The zero-order chi connectivity index (χ0) is 18.4. The molecule has 1 amide bonds. The number of esters is 1. The van der Waals surface area contributed by atoms with Crippen molar-refractivity contribution in [2.75, 3.05) is 24.3 Å². The van der Waals surface area contributed by atoms with Crippen LogP contribution in [-0.4, -0.2) is 32.1 Å². The maximum absolute atomic E-state index is 13.1. The second-order valence-electron chi connectivity index (χ2n) is 5.87. The predicted octanol–water partition coefficient (Wildman–Crippen LogP) is 3.00.